The molecular weight excluding hydrogens is 356 g/mol. The molecule has 0 bridgehead atoms. The summed E-state index contributed by atoms with van der Waals surface area (Å²) in [6.45, 7) is 11.8. The maximum Gasteiger partial charge on any atom is 0.540 e. The molecular formula is C19H36O8. The second-order valence-corrected chi connectivity index (χ2v) is 7.57. The summed E-state index contributed by atoms with van der Waals surface area (Å²) < 4.78 is 9.83. The standard InChI is InChI=1S/C19H36O8/c1-7-13-19(5,6)27-25-17(21)23-15-12-10-9-11-14-22-16(20)24-26-18(3,4)8-2/h7-15H2,1-6H3. The van der Waals surface area contributed by atoms with Crippen LogP contribution in [0.25, 0.3) is 0 Å². The second-order valence-electron chi connectivity index (χ2n) is 7.57. The fourth-order valence-corrected chi connectivity index (χ4v) is 1.91. The number of carbonyl (C=O) groups is 2. The molecule has 160 valence electrons. The zero-order valence-electron chi connectivity index (χ0n) is 17.6. The minimum absolute atomic E-state index is 0.248. The van der Waals surface area contributed by atoms with E-state index in [4.69, 9.17) is 19.2 Å². The molecule has 0 amide bonds. The lowest BCUT2D eigenvalue weighted by Gasteiger charge is -2.21. The van der Waals surface area contributed by atoms with Gasteiger partial charge in [-0.25, -0.2) is 9.59 Å². The van der Waals surface area contributed by atoms with Crippen LogP contribution in [0.1, 0.15) is 86.5 Å². The number of ether oxygens (including phenoxy) is 2. The molecule has 0 N–H and O–H groups in total. The van der Waals surface area contributed by atoms with Crippen LogP contribution in [-0.4, -0.2) is 36.7 Å². The fraction of sp³-hybridized carbons (Fsp3) is 0.895. The summed E-state index contributed by atoms with van der Waals surface area (Å²) in [7, 11) is 0. The van der Waals surface area contributed by atoms with Crippen molar-refractivity contribution in [3.05, 3.63) is 0 Å². The van der Waals surface area contributed by atoms with Crippen molar-refractivity contribution in [1.82, 2.24) is 0 Å². The molecule has 0 aliphatic heterocycles. The van der Waals surface area contributed by atoms with Gasteiger partial charge in [0, 0.05) is 0 Å². The van der Waals surface area contributed by atoms with Crippen molar-refractivity contribution in [1.29, 1.82) is 0 Å². The van der Waals surface area contributed by atoms with Gasteiger partial charge in [0.1, 0.15) is 11.2 Å². The normalized spacial score (nSPS) is 11.8. The van der Waals surface area contributed by atoms with E-state index in [1.54, 1.807) is 0 Å². The first-order chi connectivity index (χ1) is 12.6. The summed E-state index contributed by atoms with van der Waals surface area (Å²) in [4.78, 5) is 42.0. The zero-order chi connectivity index (χ0) is 20.8. The Morgan fingerprint density at radius 1 is 0.704 bits per heavy atom. The van der Waals surface area contributed by atoms with Crippen molar-refractivity contribution in [2.24, 2.45) is 0 Å². The van der Waals surface area contributed by atoms with Crippen LogP contribution in [0.4, 0.5) is 9.59 Å². The third-order valence-electron chi connectivity index (χ3n) is 3.85. The highest BCUT2D eigenvalue weighted by molar-refractivity contribution is 5.59. The van der Waals surface area contributed by atoms with Crippen molar-refractivity contribution in [2.45, 2.75) is 97.7 Å². The highest BCUT2D eigenvalue weighted by Gasteiger charge is 2.22. The molecule has 8 heteroatoms. The Balaban J connectivity index is 3.54. The first kappa shape index (κ1) is 25.5. The smallest absolute Gasteiger partial charge is 0.432 e. The molecule has 0 radical (unpaired) electrons. The third-order valence-corrected chi connectivity index (χ3v) is 3.85. The van der Waals surface area contributed by atoms with Gasteiger partial charge in [-0.3, -0.25) is 9.78 Å². The van der Waals surface area contributed by atoms with E-state index in [2.05, 4.69) is 9.78 Å². The van der Waals surface area contributed by atoms with Crippen molar-refractivity contribution >= 4 is 12.3 Å². The molecule has 0 aromatic carbocycles. The zero-order valence-corrected chi connectivity index (χ0v) is 17.6. The van der Waals surface area contributed by atoms with E-state index >= 15 is 0 Å². The molecule has 0 spiro atoms. The van der Waals surface area contributed by atoms with Crippen molar-refractivity contribution in [2.75, 3.05) is 13.2 Å². The average molecular weight is 392 g/mol. The molecule has 0 rings (SSSR count). The summed E-state index contributed by atoms with van der Waals surface area (Å²) in [5.74, 6) is 0. The second kappa shape index (κ2) is 13.6. The Morgan fingerprint density at radius 3 is 1.56 bits per heavy atom. The number of hydrogen-bond donors (Lipinski definition) is 0. The van der Waals surface area contributed by atoms with Crippen molar-refractivity contribution in [3.8, 4) is 0 Å². The lowest BCUT2D eigenvalue weighted by atomic mass is 10.0. The maximum absolute atomic E-state index is 11.4. The number of hydrogen-bond acceptors (Lipinski definition) is 8. The van der Waals surface area contributed by atoms with Crippen molar-refractivity contribution < 1.29 is 38.6 Å². The SMILES string of the molecule is CCCC(C)(C)OOC(=O)OCCCCCCOC(=O)OOC(C)(C)CC. The van der Waals surface area contributed by atoms with Crippen molar-refractivity contribution in [3.63, 3.8) is 0 Å². The Morgan fingerprint density at radius 2 is 1.15 bits per heavy atom. The summed E-state index contributed by atoms with van der Waals surface area (Å²) in [5, 5.41) is 0. The Kier molecular flexibility index (Phi) is 12.8. The average Bonchev–Trinajstić information content (AvgIpc) is 2.60. The minimum Gasteiger partial charge on any atom is -0.432 e. The Labute approximate surface area is 162 Å². The van der Waals surface area contributed by atoms with E-state index in [1.165, 1.54) is 0 Å². The molecule has 27 heavy (non-hydrogen) atoms. The van der Waals surface area contributed by atoms with Crippen LogP contribution in [-0.2, 0) is 29.0 Å². The Hall–Kier alpha value is -1.54. The first-order valence-electron chi connectivity index (χ1n) is 9.66. The number of unbranched alkanes of at least 4 members (excludes halogenated alkanes) is 3. The van der Waals surface area contributed by atoms with Gasteiger partial charge in [-0.1, -0.05) is 20.3 Å². The van der Waals surface area contributed by atoms with Gasteiger partial charge in [0.2, 0.25) is 0 Å². The molecule has 8 nitrogen and oxygen atoms in total. The van der Waals surface area contributed by atoms with Crippen LogP contribution in [0.15, 0.2) is 0 Å². The van der Waals surface area contributed by atoms with Gasteiger partial charge in [0.05, 0.1) is 13.2 Å². The molecule has 0 saturated heterocycles. The largest absolute Gasteiger partial charge is 0.540 e. The molecule has 0 fully saturated rings. The van der Waals surface area contributed by atoms with E-state index in [-0.39, 0.29) is 13.2 Å². The van der Waals surface area contributed by atoms with Gasteiger partial charge in [-0.15, -0.1) is 0 Å². The monoisotopic (exact) mass is 392 g/mol. The molecule has 0 unspecified atom stereocenters. The summed E-state index contributed by atoms with van der Waals surface area (Å²) in [5.41, 5.74) is -1.05. The molecule has 0 atom stereocenters. The van der Waals surface area contributed by atoms with Gasteiger partial charge in [0.25, 0.3) is 0 Å². The van der Waals surface area contributed by atoms with E-state index < -0.39 is 23.5 Å². The van der Waals surface area contributed by atoms with E-state index in [0.29, 0.717) is 19.3 Å². The fourth-order valence-electron chi connectivity index (χ4n) is 1.91. The molecule has 0 aromatic rings. The van der Waals surface area contributed by atoms with Crippen LogP contribution in [0.2, 0.25) is 0 Å². The molecule has 0 saturated carbocycles. The maximum atomic E-state index is 11.4. The third kappa shape index (κ3) is 15.2. The van der Waals surface area contributed by atoms with E-state index in [1.807, 2.05) is 41.5 Å². The lowest BCUT2D eigenvalue weighted by Crippen LogP contribution is -2.26. The first-order valence-corrected chi connectivity index (χ1v) is 9.66. The topological polar surface area (TPSA) is 89.5 Å². The van der Waals surface area contributed by atoms with E-state index in [0.717, 1.165) is 25.7 Å². The molecule has 0 heterocycles. The highest BCUT2D eigenvalue weighted by atomic mass is 17.2. The van der Waals surface area contributed by atoms with Crippen LogP contribution < -0.4 is 0 Å². The van der Waals surface area contributed by atoms with E-state index in [9.17, 15) is 9.59 Å². The van der Waals surface area contributed by atoms with Crippen LogP contribution in [0, 0.1) is 0 Å². The molecule has 0 aliphatic rings. The number of carbonyl (C=O) groups excluding carboxylic acids is 2. The predicted molar refractivity (Wildman–Crippen MR) is 98.9 cm³/mol. The highest BCUT2D eigenvalue weighted by Crippen LogP contribution is 2.17. The quantitative estimate of drug-likeness (QED) is 0.166. The van der Waals surface area contributed by atoms with Crippen LogP contribution >= 0.6 is 0 Å². The van der Waals surface area contributed by atoms with Gasteiger partial charge in [0.15, 0.2) is 0 Å². The summed E-state index contributed by atoms with van der Waals surface area (Å²) in [6, 6.07) is 0. The van der Waals surface area contributed by atoms with Gasteiger partial charge < -0.3 is 9.47 Å². The lowest BCUT2D eigenvalue weighted by molar-refractivity contribution is -0.318. The molecule has 0 aromatic heterocycles. The van der Waals surface area contributed by atoms with Gasteiger partial charge in [-0.05, 0) is 66.2 Å². The van der Waals surface area contributed by atoms with Crippen LogP contribution in [0.3, 0.4) is 0 Å². The Bertz CT molecular complexity index is 420. The summed E-state index contributed by atoms with van der Waals surface area (Å²) in [6.07, 6.45) is 3.76. The van der Waals surface area contributed by atoms with Crippen LogP contribution in [0.5, 0.6) is 0 Å². The number of rotatable bonds is 14. The predicted octanol–water partition coefficient (Wildman–Crippen LogP) is 5.48. The summed E-state index contributed by atoms with van der Waals surface area (Å²) >= 11 is 0. The van der Waals surface area contributed by atoms with Gasteiger partial charge in [-0.2, -0.15) is 9.78 Å². The molecule has 0 aliphatic carbocycles. The van der Waals surface area contributed by atoms with Gasteiger partial charge >= 0.3 is 12.3 Å². The minimum atomic E-state index is -0.839.